The molecule has 2 rings (SSSR count). The van der Waals surface area contributed by atoms with Gasteiger partial charge in [0.1, 0.15) is 0 Å². The van der Waals surface area contributed by atoms with E-state index in [2.05, 4.69) is 35.1 Å². The van der Waals surface area contributed by atoms with Gasteiger partial charge >= 0.3 is 0 Å². The molecule has 0 bridgehead atoms. The highest BCUT2D eigenvalue weighted by molar-refractivity contribution is 9.11. The smallest absolute Gasteiger partial charge is 0.261 e. The third-order valence-corrected chi connectivity index (χ3v) is 5.14. The zero-order chi connectivity index (χ0) is 11.8. The first-order chi connectivity index (χ1) is 7.53. The number of hydrogen-bond donors (Lipinski definition) is 1. The molecule has 0 atom stereocenters. The minimum atomic E-state index is 0.0580. The second kappa shape index (κ2) is 4.49. The van der Waals surface area contributed by atoms with Crippen molar-refractivity contribution in [1.29, 1.82) is 0 Å². The molecule has 0 spiro atoms. The van der Waals surface area contributed by atoms with Gasteiger partial charge in [0.25, 0.3) is 5.91 Å². The van der Waals surface area contributed by atoms with Crippen molar-refractivity contribution in [1.82, 2.24) is 5.32 Å². The van der Waals surface area contributed by atoms with Crippen LogP contribution in [0.25, 0.3) is 0 Å². The van der Waals surface area contributed by atoms with Gasteiger partial charge in [0.15, 0.2) is 0 Å². The van der Waals surface area contributed by atoms with Crippen molar-refractivity contribution in [3.63, 3.8) is 0 Å². The van der Waals surface area contributed by atoms with Gasteiger partial charge in [-0.15, -0.1) is 11.3 Å². The second-order valence-electron chi connectivity index (χ2n) is 4.80. The minimum Gasteiger partial charge on any atom is -0.351 e. The number of hydrogen-bond acceptors (Lipinski definition) is 2. The Bertz CT molecular complexity index is 395. The summed E-state index contributed by atoms with van der Waals surface area (Å²) >= 11 is 4.84. The van der Waals surface area contributed by atoms with Gasteiger partial charge in [-0.1, -0.05) is 13.8 Å². The van der Waals surface area contributed by atoms with Crippen LogP contribution in [-0.4, -0.2) is 12.5 Å². The maximum Gasteiger partial charge on any atom is 0.261 e. The van der Waals surface area contributed by atoms with Crippen LogP contribution in [-0.2, 0) is 0 Å². The molecule has 0 aromatic carbocycles. The van der Waals surface area contributed by atoms with E-state index in [0.717, 1.165) is 15.2 Å². The van der Waals surface area contributed by atoms with Crippen molar-refractivity contribution in [2.45, 2.75) is 26.7 Å². The number of carbonyl (C=O) groups is 1. The van der Waals surface area contributed by atoms with E-state index < -0.39 is 0 Å². The molecule has 1 heterocycles. The molecular weight excluding hydrogens is 286 g/mol. The van der Waals surface area contributed by atoms with Gasteiger partial charge in [-0.3, -0.25) is 4.79 Å². The normalized spacial score (nSPS) is 17.5. The van der Waals surface area contributed by atoms with Crippen LogP contribution in [0.15, 0.2) is 15.9 Å². The van der Waals surface area contributed by atoms with Crippen LogP contribution in [0.2, 0.25) is 0 Å². The van der Waals surface area contributed by atoms with E-state index in [1.54, 1.807) is 0 Å². The van der Waals surface area contributed by atoms with E-state index in [4.69, 9.17) is 0 Å². The molecule has 1 saturated carbocycles. The molecule has 0 radical (unpaired) electrons. The molecule has 0 saturated heterocycles. The van der Waals surface area contributed by atoms with Crippen LogP contribution in [0.5, 0.6) is 0 Å². The summed E-state index contributed by atoms with van der Waals surface area (Å²) in [7, 11) is 0. The zero-order valence-corrected chi connectivity index (χ0v) is 12.0. The van der Waals surface area contributed by atoms with Crippen molar-refractivity contribution < 1.29 is 4.79 Å². The largest absolute Gasteiger partial charge is 0.351 e. The van der Waals surface area contributed by atoms with E-state index in [-0.39, 0.29) is 5.91 Å². The second-order valence-corrected chi connectivity index (χ2v) is 7.27. The SMILES string of the molecule is CC(C)C1(CNC(=O)c2ccc(Br)s2)CC1. The van der Waals surface area contributed by atoms with Crippen LogP contribution in [0.3, 0.4) is 0 Å². The molecule has 1 aromatic rings. The van der Waals surface area contributed by atoms with Crippen LogP contribution < -0.4 is 5.32 Å². The standard InChI is InChI=1S/C12H16BrNOS/c1-8(2)12(5-6-12)7-14-11(15)9-3-4-10(13)16-9/h3-4,8H,5-7H2,1-2H3,(H,14,15). The minimum absolute atomic E-state index is 0.0580. The third-order valence-electron chi connectivity index (χ3n) is 3.51. The maximum atomic E-state index is 11.8. The molecule has 16 heavy (non-hydrogen) atoms. The maximum absolute atomic E-state index is 11.8. The lowest BCUT2D eigenvalue weighted by atomic mass is 9.92. The predicted molar refractivity (Wildman–Crippen MR) is 70.9 cm³/mol. The zero-order valence-electron chi connectivity index (χ0n) is 9.55. The Balaban J connectivity index is 1.89. The van der Waals surface area contributed by atoms with Gasteiger partial charge in [0, 0.05) is 6.54 Å². The molecule has 0 unspecified atom stereocenters. The van der Waals surface area contributed by atoms with Crippen molar-refractivity contribution in [3.05, 3.63) is 20.8 Å². The molecule has 2 nitrogen and oxygen atoms in total. The van der Waals surface area contributed by atoms with E-state index in [0.29, 0.717) is 11.3 Å². The Morgan fingerprint density at radius 3 is 2.69 bits per heavy atom. The summed E-state index contributed by atoms with van der Waals surface area (Å²) < 4.78 is 1.00. The Morgan fingerprint density at radius 2 is 2.25 bits per heavy atom. The first-order valence-corrected chi connectivity index (χ1v) is 7.18. The molecule has 1 fully saturated rings. The number of amides is 1. The Morgan fingerprint density at radius 1 is 1.56 bits per heavy atom. The van der Waals surface area contributed by atoms with E-state index in [1.807, 2.05) is 12.1 Å². The summed E-state index contributed by atoms with van der Waals surface area (Å²) in [5.41, 5.74) is 0.379. The van der Waals surface area contributed by atoms with Gasteiger partial charge in [0.05, 0.1) is 8.66 Å². The van der Waals surface area contributed by atoms with Crippen LogP contribution in [0.4, 0.5) is 0 Å². The summed E-state index contributed by atoms with van der Waals surface area (Å²) in [5, 5.41) is 3.05. The number of carbonyl (C=O) groups excluding carboxylic acids is 1. The summed E-state index contributed by atoms with van der Waals surface area (Å²) in [6, 6.07) is 3.77. The number of halogens is 1. The lowest BCUT2D eigenvalue weighted by Crippen LogP contribution is -2.32. The van der Waals surface area contributed by atoms with Crippen molar-refractivity contribution in [2.24, 2.45) is 11.3 Å². The molecule has 1 aromatic heterocycles. The molecule has 1 amide bonds. The monoisotopic (exact) mass is 301 g/mol. The average Bonchev–Trinajstić information content (AvgIpc) is 2.92. The highest BCUT2D eigenvalue weighted by Gasteiger charge is 2.45. The Kier molecular flexibility index (Phi) is 3.40. The average molecular weight is 302 g/mol. The highest BCUT2D eigenvalue weighted by atomic mass is 79.9. The van der Waals surface area contributed by atoms with Crippen molar-refractivity contribution in [2.75, 3.05) is 6.54 Å². The van der Waals surface area contributed by atoms with Gasteiger partial charge in [-0.2, -0.15) is 0 Å². The number of nitrogens with one attached hydrogen (secondary N) is 1. The molecule has 1 aliphatic rings. The lowest BCUT2D eigenvalue weighted by Gasteiger charge is -2.19. The van der Waals surface area contributed by atoms with Crippen LogP contribution in [0, 0.1) is 11.3 Å². The summed E-state index contributed by atoms with van der Waals surface area (Å²) in [6.45, 7) is 5.29. The van der Waals surface area contributed by atoms with Crippen molar-refractivity contribution in [3.8, 4) is 0 Å². The lowest BCUT2D eigenvalue weighted by molar-refractivity contribution is 0.0944. The molecular formula is C12H16BrNOS. The van der Waals surface area contributed by atoms with Gasteiger partial charge < -0.3 is 5.32 Å². The fraction of sp³-hybridized carbons (Fsp3) is 0.583. The summed E-state index contributed by atoms with van der Waals surface area (Å²) in [4.78, 5) is 12.6. The molecule has 4 heteroatoms. The first-order valence-electron chi connectivity index (χ1n) is 5.57. The quantitative estimate of drug-likeness (QED) is 0.903. The molecule has 1 N–H and O–H groups in total. The Hall–Kier alpha value is -0.350. The van der Waals surface area contributed by atoms with Gasteiger partial charge in [-0.05, 0) is 52.2 Å². The summed E-state index contributed by atoms with van der Waals surface area (Å²) in [5.74, 6) is 0.713. The topological polar surface area (TPSA) is 29.1 Å². The van der Waals surface area contributed by atoms with Crippen molar-refractivity contribution >= 4 is 33.2 Å². The summed E-state index contributed by atoms with van der Waals surface area (Å²) in [6.07, 6.45) is 2.50. The number of thiophene rings is 1. The van der Waals surface area contributed by atoms with Gasteiger partial charge in [-0.25, -0.2) is 0 Å². The van der Waals surface area contributed by atoms with E-state index in [1.165, 1.54) is 24.2 Å². The third kappa shape index (κ3) is 2.48. The number of rotatable bonds is 4. The predicted octanol–water partition coefficient (Wildman–Crippen LogP) is 3.68. The fourth-order valence-electron chi connectivity index (χ4n) is 1.90. The van der Waals surface area contributed by atoms with Gasteiger partial charge in [0.2, 0.25) is 0 Å². The van der Waals surface area contributed by atoms with Crippen LogP contribution in [0.1, 0.15) is 36.4 Å². The molecule has 0 aliphatic heterocycles. The Labute approximate surface area is 109 Å². The fourth-order valence-corrected chi connectivity index (χ4v) is 3.20. The van der Waals surface area contributed by atoms with E-state index >= 15 is 0 Å². The molecule has 1 aliphatic carbocycles. The first kappa shape index (κ1) is 12.1. The molecule has 88 valence electrons. The van der Waals surface area contributed by atoms with E-state index in [9.17, 15) is 4.79 Å². The van der Waals surface area contributed by atoms with Crippen LogP contribution >= 0.6 is 27.3 Å². The highest BCUT2D eigenvalue weighted by Crippen LogP contribution is 2.51.